The highest BCUT2D eigenvalue weighted by Crippen LogP contribution is 2.14. The number of morpholine rings is 1. The van der Waals surface area contributed by atoms with Crippen LogP contribution in [-0.2, 0) is 20.9 Å². The number of halogens is 1. The molecule has 0 saturated carbocycles. The second-order valence-corrected chi connectivity index (χ2v) is 5.12. The minimum absolute atomic E-state index is 0.0151. The Morgan fingerprint density at radius 3 is 2.90 bits per heavy atom. The first-order chi connectivity index (χ1) is 10.1. The van der Waals surface area contributed by atoms with E-state index in [0.717, 1.165) is 0 Å². The van der Waals surface area contributed by atoms with Crippen molar-refractivity contribution in [2.75, 3.05) is 38.7 Å². The van der Waals surface area contributed by atoms with Gasteiger partial charge < -0.3 is 19.7 Å². The van der Waals surface area contributed by atoms with Gasteiger partial charge in [0.25, 0.3) is 0 Å². The van der Waals surface area contributed by atoms with Crippen LogP contribution in [0.4, 0.5) is 5.82 Å². The van der Waals surface area contributed by atoms with Gasteiger partial charge >= 0.3 is 0 Å². The van der Waals surface area contributed by atoms with Crippen molar-refractivity contribution >= 4 is 23.3 Å². The third-order valence-electron chi connectivity index (χ3n) is 3.07. The number of methoxy groups -OCH3 is 1. The third kappa shape index (κ3) is 4.52. The van der Waals surface area contributed by atoms with E-state index < -0.39 is 6.04 Å². The molecule has 2 rings (SSSR count). The lowest BCUT2D eigenvalue weighted by Gasteiger charge is -2.29. The minimum Gasteiger partial charge on any atom is -0.378 e. The zero-order valence-corrected chi connectivity index (χ0v) is 12.9. The number of hydrogen-bond donors (Lipinski definition) is 1. The number of hydrogen-bond acceptors (Lipinski definition) is 6. The maximum atomic E-state index is 12.3. The van der Waals surface area contributed by atoms with Crippen molar-refractivity contribution in [2.45, 2.75) is 19.6 Å². The van der Waals surface area contributed by atoms with Crippen LogP contribution in [0.2, 0.25) is 5.15 Å². The van der Waals surface area contributed by atoms with Crippen molar-refractivity contribution in [2.24, 2.45) is 0 Å². The molecule has 0 spiro atoms. The van der Waals surface area contributed by atoms with Crippen LogP contribution in [0.1, 0.15) is 12.7 Å². The fraction of sp³-hybridized carbons (Fsp3) is 0.615. The first-order valence-corrected chi connectivity index (χ1v) is 7.13. The molecule has 2 heterocycles. The molecule has 1 unspecified atom stereocenters. The van der Waals surface area contributed by atoms with Gasteiger partial charge in [-0.15, -0.1) is 0 Å². The van der Waals surface area contributed by atoms with Gasteiger partial charge in [-0.05, 0) is 6.92 Å². The quantitative estimate of drug-likeness (QED) is 0.815. The third-order valence-corrected chi connectivity index (χ3v) is 3.27. The number of nitrogens with zero attached hydrogens (tertiary/aromatic N) is 3. The molecule has 1 aliphatic heterocycles. The van der Waals surface area contributed by atoms with Crippen molar-refractivity contribution in [3.8, 4) is 0 Å². The lowest BCUT2D eigenvalue weighted by Crippen LogP contribution is -2.47. The van der Waals surface area contributed by atoms with E-state index in [-0.39, 0.29) is 12.5 Å². The van der Waals surface area contributed by atoms with E-state index in [9.17, 15) is 4.79 Å². The van der Waals surface area contributed by atoms with Gasteiger partial charge in [-0.1, -0.05) is 11.6 Å². The summed E-state index contributed by atoms with van der Waals surface area (Å²) in [4.78, 5) is 22.4. The molecule has 1 aliphatic rings. The Morgan fingerprint density at radius 2 is 2.24 bits per heavy atom. The maximum Gasteiger partial charge on any atom is 0.244 e. The summed E-state index contributed by atoms with van der Waals surface area (Å²) in [5, 5.41) is 3.37. The van der Waals surface area contributed by atoms with Crippen LogP contribution in [0.25, 0.3) is 0 Å². The van der Waals surface area contributed by atoms with Crippen LogP contribution >= 0.6 is 11.6 Å². The summed E-state index contributed by atoms with van der Waals surface area (Å²) in [6.45, 7) is 4.45. The summed E-state index contributed by atoms with van der Waals surface area (Å²) >= 11 is 5.94. The molecule has 8 heteroatoms. The van der Waals surface area contributed by atoms with Crippen molar-refractivity contribution in [1.82, 2.24) is 14.9 Å². The van der Waals surface area contributed by atoms with Crippen molar-refractivity contribution in [1.29, 1.82) is 0 Å². The van der Waals surface area contributed by atoms with Gasteiger partial charge in [0.1, 0.15) is 23.6 Å². The molecule has 21 heavy (non-hydrogen) atoms. The fourth-order valence-electron chi connectivity index (χ4n) is 2.07. The SMILES string of the molecule is COCc1nc(Cl)cc(NC(C)C(=O)N2CCOCC2)n1. The number of amides is 1. The van der Waals surface area contributed by atoms with E-state index in [1.807, 2.05) is 0 Å². The second-order valence-electron chi connectivity index (χ2n) is 4.73. The number of aromatic nitrogens is 2. The molecule has 0 aliphatic carbocycles. The average molecular weight is 315 g/mol. The lowest BCUT2D eigenvalue weighted by atomic mass is 10.2. The van der Waals surface area contributed by atoms with Gasteiger partial charge in [-0.3, -0.25) is 4.79 Å². The van der Waals surface area contributed by atoms with Gasteiger partial charge in [-0.25, -0.2) is 9.97 Å². The summed E-state index contributed by atoms with van der Waals surface area (Å²) in [6.07, 6.45) is 0. The van der Waals surface area contributed by atoms with Crippen LogP contribution in [0.3, 0.4) is 0 Å². The molecule has 1 aromatic heterocycles. The Bertz CT molecular complexity index is 494. The van der Waals surface area contributed by atoms with Crippen LogP contribution in [-0.4, -0.2) is 60.2 Å². The van der Waals surface area contributed by atoms with E-state index in [4.69, 9.17) is 21.1 Å². The van der Waals surface area contributed by atoms with E-state index in [1.165, 1.54) is 0 Å². The first-order valence-electron chi connectivity index (χ1n) is 6.75. The molecule has 0 radical (unpaired) electrons. The monoisotopic (exact) mass is 314 g/mol. The predicted octanol–water partition coefficient (Wildman–Crippen LogP) is 0.936. The number of rotatable bonds is 5. The van der Waals surface area contributed by atoms with Crippen LogP contribution < -0.4 is 5.32 Å². The fourth-order valence-corrected chi connectivity index (χ4v) is 2.27. The van der Waals surface area contributed by atoms with Crippen molar-refractivity contribution in [3.05, 3.63) is 17.0 Å². The highest BCUT2D eigenvalue weighted by Gasteiger charge is 2.22. The zero-order chi connectivity index (χ0) is 15.2. The molecule has 1 amide bonds. The smallest absolute Gasteiger partial charge is 0.244 e. The number of nitrogens with one attached hydrogen (secondary N) is 1. The maximum absolute atomic E-state index is 12.3. The zero-order valence-electron chi connectivity index (χ0n) is 12.1. The molecular weight excluding hydrogens is 296 g/mol. The summed E-state index contributed by atoms with van der Waals surface area (Å²) in [5.41, 5.74) is 0. The summed E-state index contributed by atoms with van der Waals surface area (Å²) in [7, 11) is 1.56. The molecular formula is C13H19ClN4O3. The van der Waals surface area contributed by atoms with Crippen molar-refractivity contribution < 1.29 is 14.3 Å². The van der Waals surface area contributed by atoms with E-state index in [1.54, 1.807) is 25.0 Å². The van der Waals surface area contributed by atoms with E-state index in [2.05, 4.69) is 15.3 Å². The lowest BCUT2D eigenvalue weighted by molar-refractivity contribution is -0.135. The second kappa shape index (κ2) is 7.53. The molecule has 1 saturated heterocycles. The Balaban J connectivity index is 2.01. The molecule has 1 fully saturated rings. The average Bonchev–Trinajstić information content (AvgIpc) is 2.47. The number of ether oxygens (including phenoxy) is 2. The Morgan fingerprint density at radius 1 is 1.52 bits per heavy atom. The highest BCUT2D eigenvalue weighted by atomic mass is 35.5. The van der Waals surface area contributed by atoms with E-state index in [0.29, 0.717) is 43.1 Å². The molecule has 1 atom stereocenters. The normalized spacial score (nSPS) is 16.6. The molecule has 1 N–H and O–H groups in total. The largest absolute Gasteiger partial charge is 0.378 e. The first kappa shape index (κ1) is 15.9. The Hall–Kier alpha value is -1.44. The van der Waals surface area contributed by atoms with Gasteiger partial charge in [0.2, 0.25) is 5.91 Å². The Labute approximate surface area is 128 Å². The standard InChI is InChI=1S/C13H19ClN4O3/c1-9(13(19)18-3-5-21-6-4-18)15-11-7-10(14)16-12(17-11)8-20-2/h7,9H,3-6,8H2,1-2H3,(H,15,16,17). The van der Waals surface area contributed by atoms with Gasteiger partial charge in [-0.2, -0.15) is 0 Å². The molecule has 0 bridgehead atoms. The van der Waals surface area contributed by atoms with Crippen molar-refractivity contribution in [3.63, 3.8) is 0 Å². The topological polar surface area (TPSA) is 76.6 Å². The molecule has 116 valence electrons. The summed E-state index contributed by atoms with van der Waals surface area (Å²) in [5.74, 6) is 0.996. The molecule has 0 aromatic carbocycles. The van der Waals surface area contributed by atoms with E-state index >= 15 is 0 Å². The van der Waals surface area contributed by atoms with Crippen LogP contribution in [0.15, 0.2) is 6.07 Å². The molecule has 7 nitrogen and oxygen atoms in total. The van der Waals surface area contributed by atoms with Gasteiger partial charge in [0, 0.05) is 26.3 Å². The highest BCUT2D eigenvalue weighted by molar-refractivity contribution is 6.29. The number of carbonyl (C=O) groups excluding carboxylic acids is 1. The minimum atomic E-state index is -0.399. The number of carbonyl (C=O) groups is 1. The predicted molar refractivity (Wildman–Crippen MR) is 78.2 cm³/mol. The number of anilines is 1. The van der Waals surface area contributed by atoms with Crippen LogP contribution in [0, 0.1) is 0 Å². The Kier molecular flexibility index (Phi) is 5.72. The molecule has 1 aromatic rings. The van der Waals surface area contributed by atoms with Crippen LogP contribution in [0.5, 0.6) is 0 Å². The van der Waals surface area contributed by atoms with Gasteiger partial charge in [0.15, 0.2) is 5.82 Å². The van der Waals surface area contributed by atoms with Gasteiger partial charge in [0.05, 0.1) is 13.2 Å². The summed E-state index contributed by atoms with van der Waals surface area (Å²) in [6, 6.07) is 1.19. The summed E-state index contributed by atoms with van der Waals surface area (Å²) < 4.78 is 10.2.